The maximum Gasteiger partial charge on any atom is 0.0681 e. The molecule has 2 rings (SSSR count). The fourth-order valence-electron chi connectivity index (χ4n) is 3.50. The van der Waals surface area contributed by atoms with E-state index in [1.165, 1.54) is 31.2 Å². The van der Waals surface area contributed by atoms with E-state index in [-0.39, 0.29) is 6.61 Å². The van der Waals surface area contributed by atoms with E-state index < -0.39 is 0 Å². The first kappa shape index (κ1) is 15.5. The second-order valence-electron chi connectivity index (χ2n) is 7.22. The van der Waals surface area contributed by atoms with Gasteiger partial charge < -0.3 is 10.4 Å². The minimum atomic E-state index is 0.127. The van der Waals surface area contributed by atoms with Crippen molar-refractivity contribution in [1.82, 2.24) is 5.32 Å². The first-order chi connectivity index (χ1) is 9.50. The zero-order valence-electron chi connectivity index (χ0n) is 13.2. The lowest BCUT2D eigenvalue weighted by Crippen LogP contribution is -2.43. The van der Waals surface area contributed by atoms with E-state index in [0.29, 0.717) is 11.5 Å². The molecule has 1 fully saturated rings. The third-order valence-corrected chi connectivity index (χ3v) is 4.62. The first-order valence-electron chi connectivity index (χ1n) is 7.93. The number of hydrogen-bond donors (Lipinski definition) is 2. The summed E-state index contributed by atoms with van der Waals surface area (Å²) in [5, 5.41) is 13.0. The Balaban J connectivity index is 1.97. The molecule has 20 heavy (non-hydrogen) atoms. The number of hydrogen-bond acceptors (Lipinski definition) is 2. The van der Waals surface area contributed by atoms with Crippen LogP contribution in [0, 0.1) is 11.3 Å². The van der Waals surface area contributed by atoms with Crippen molar-refractivity contribution in [2.45, 2.75) is 65.6 Å². The molecule has 2 heteroatoms. The summed E-state index contributed by atoms with van der Waals surface area (Å²) in [6.45, 7) is 8.13. The Bertz CT molecular complexity index is 422. The quantitative estimate of drug-likeness (QED) is 0.874. The normalized spacial score (nSPS) is 23.8. The predicted octanol–water partition coefficient (Wildman–Crippen LogP) is 3.87. The predicted molar refractivity (Wildman–Crippen MR) is 84.4 cm³/mol. The first-order valence-corrected chi connectivity index (χ1v) is 7.93. The Morgan fingerprint density at radius 2 is 1.85 bits per heavy atom. The summed E-state index contributed by atoms with van der Waals surface area (Å²) in [7, 11) is 0. The van der Waals surface area contributed by atoms with Gasteiger partial charge in [0.2, 0.25) is 0 Å². The zero-order valence-corrected chi connectivity index (χ0v) is 13.2. The molecule has 112 valence electrons. The molecular weight excluding hydrogens is 246 g/mol. The van der Waals surface area contributed by atoms with Crippen LogP contribution in [-0.2, 0) is 13.2 Å². The zero-order chi connectivity index (χ0) is 14.6. The van der Waals surface area contributed by atoms with Crippen molar-refractivity contribution in [3.05, 3.63) is 35.4 Å². The third-order valence-electron chi connectivity index (χ3n) is 4.62. The molecule has 0 aliphatic heterocycles. The van der Waals surface area contributed by atoms with Crippen molar-refractivity contribution in [2.24, 2.45) is 11.3 Å². The highest BCUT2D eigenvalue weighted by atomic mass is 16.3. The highest BCUT2D eigenvalue weighted by molar-refractivity contribution is 5.22. The highest BCUT2D eigenvalue weighted by Gasteiger charge is 2.33. The van der Waals surface area contributed by atoms with E-state index in [4.69, 9.17) is 0 Å². The van der Waals surface area contributed by atoms with Crippen molar-refractivity contribution in [3.63, 3.8) is 0 Å². The Morgan fingerprint density at radius 1 is 1.15 bits per heavy atom. The van der Waals surface area contributed by atoms with Crippen LogP contribution >= 0.6 is 0 Å². The maximum absolute atomic E-state index is 9.21. The average molecular weight is 275 g/mol. The molecule has 1 saturated carbocycles. The largest absolute Gasteiger partial charge is 0.392 e. The molecule has 2 N–H and O–H groups in total. The van der Waals surface area contributed by atoms with E-state index >= 15 is 0 Å². The van der Waals surface area contributed by atoms with E-state index in [0.717, 1.165) is 18.0 Å². The summed E-state index contributed by atoms with van der Waals surface area (Å²) < 4.78 is 0. The molecule has 0 heterocycles. The van der Waals surface area contributed by atoms with Gasteiger partial charge in [-0.1, -0.05) is 57.9 Å². The summed E-state index contributed by atoms with van der Waals surface area (Å²) in [6, 6.07) is 8.87. The van der Waals surface area contributed by atoms with Crippen LogP contribution in [0.15, 0.2) is 24.3 Å². The van der Waals surface area contributed by atoms with Gasteiger partial charge in [0, 0.05) is 12.6 Å². The summed E-state index contributed by atoms with van der Waals surface area (Å²) in [5.74, 6) is 0.761. The van der Waals surface area contributed by atoms with Gasteiger partial charge in [-0.15, -0.1) is 0 Å². The minimum Gasteiger partial charge on any atom is -0.392 e. The van der Waals surface area contributed by atoms with Crippen LogP contribution < -0.4 is 5.32 Å². The number of nitrogens with one attached hydrogen (secondary N) is 1. The van der Waals surface area contributed by atoms with Crippen LogP contribution in [0.25, 0.3) is 0 Å². The van der Waals surface area contributed by atoms with Gasteiger partial charge in [-0.3, -0.25) is 0 Å². The van der Waals surface area contributed by atoms with Crippen LogP contribution in [0.2, 0.25) is 0 Å². The fourth-order valence-corrected chi connectivity index (χ4v) is 3.50. The molecule has 0 radical (unpaired) electrons. The molecule has 1 aromatic rings. The van der Waals surface area contributed by atoms with Gasteiger partial charge in [0.15, 0.2) is 0 Å². The number of aliphatic hydroxyl groups excluding tert-OH is 1. The van der Waals surface area contributed by atoms with Crippen LogP contribution in [-0.4, -0.2) is 11.1 Å². The van der Waals surface area contributed by atoms with Gasteiger partial charge in [0.05, 0.1) is 6.61 Å². The molecule has 0 saturated heterocycles. The second kappa shape index (κ2) is 6.73. The number of aliphatic hydroxyl groups is 1. The third kappa shape index (κ3) is 4.07. The minimum absolute atomic E-state index is 0.127. The number of rotatable bonds is 4. The van der Waals surface area contributed by atoms with Crippen molar-refractivity contribution < 1.29 is 5.11 Å². The Hall–Kier alpha value is -0.860. The van der Waals surface area contributed by atoms with Crippen LogP contribution in [0.4, 0.5) is 0 Å². The maximum atomic E-state index is 9.21. The van der Waals surface area contributed by atoms with E-state index in [1.54, 1.807) is 0 Å². The lowest BCUT2D eigenvalue weighted by Gasteiger charge is -2.41. The molecule has 0 amide bonds. The van der Waals surface area contributed by atoms with Gasteiger partial charge in [0.1, 0.15) is 0 Å². The summed E-state index contributed by atoms with van der Waals surface area (Å²) in [5.41, 5.74) is 2.65. The molecule has 0 bridgehead atoms. The molecule has 0 spiro atoms. The van der Waals surface area contributed by atoms with E-state index in [2.05, 4.69) is 38.2 Å². The standard InChI is InChI=1S/C18H29NO/c1-18(2,3)16-9-4-5-10-17(16)19-12-14-7-6-8-15(11-14)13-20/h6-8,11,16-17,19-20H,4-5,9-10,12-13H2,1-3H3. The Kier molecular flexibility index (Phi) is 5.22. The lowest BCUT2D eigenvalue weighted by atomic mass is 9.69. The molecule has 0 aromatic heterocycles. The van der Waals surface area contributed by atoms with Crippen molar-refractivity contribution in [3.8, 4) is 0 Å². The van der Waals surface area contributed by atoms with Gasteiger partial charge in [0.25, 0.3) is 0 Å². The second-order valence-corrected chi connectivity index (χ2v) is 7.22. The van der Waals surface area contributed by atoms with Gasteiger partial charge in [-0.05, 0) is 35.3 Å². The average Bonchev–Trinajstić information content (AvgIpc) is 2.44. The van der Waals surface area contributed by atoms with Crippen molar-refractivity contribution >= 4 is 0 Å². The summed E-state index contributed by atoms with van der Waals surface area (Å²) >= 11 is 0. The van der Waals surface area contributed by atoms with Crippen LogP contribution in [0.3, 0.4) is 0 Å². The fraction of sp³-hybridized carbons (Fsp3) is 0.667. The molecule has 2 nitrogen and oxygen atoms in total. The van der Waals surface area contributed by atoms with Crippen LogP contribution in [0.5, 0.6) is 0 Å². The van der Waals surface area contributed by atoms with Crippen molar-refractivity contribution in [2.75, 3.05) is 0 Å². The SMILES string of the molecule is CC(C)(C)C1CCCCC1NCc1cccc(CO)c1. The molecule has 1 aliphatic rings. The topological polar surface area (TPSA) is 32.3 Å². The monoisotopic (exact) mass is 275 g/mol. The van der Waals surface area contributed by atoms with Gasteiger partial charge in [-0.25, -0.2) is 0 Å². The molecule has 1 aliphatic carbocycles. The smallest absolute Gasteiger partial charge is 0.0681 e. The summed E-state index contributed by atoms with van der Waals surface area (Å²) in [6.07, 6.45) is 5.36. The van der Waals surface area contributed by atoms with Gasteiger partial charge >= 0.3 is 0 Å². The Morgan fingerprint density at radius 3 is 2.55 bits per heavy atom. The molecule has 2 unspecified atom stereocenters. The Labute approximate surface area is 123 Å². The van der Waals surface area contributed by atoms with E-state index in [9.17, 15) is 5.11 Å². The van der Waals surface area contributed by atoms with Gasteiger partial charge in [-0.2, -0.15) is 0 Å². The van der Waals surface area contributed by atoms with Crippen LogP contribution in [0.1, 0.15) is 57.6 Å². The molecule has 2 atom stereocenters. The highest BCUT2D eigenvalue weighted by Crippen LogP contribution is 2.38. The number of benzene rings is 1. The molecular formula is C18H29NO. The lowest BCUT2D eigenvalue weighted by molar-refractivity contribution is 0.130. The van der Waals surface area contributed by atoms with E-state index in [1.807, 2.05) is 12.1 Å². The summed E-state index contributed by atoms with van der Waals surface area (Å²) in [4.78, 5) is 0. The molecule has 1 aromatic carbocycles. The van der Waals surface area contributed by atoms with Crippen molar-refractivity contribution in [1.29, 1.82) is 0 Å².